The van der Waals surface area contributed by atoms with E-state index in [1.54, 1.807) is 0 Å². The van der Waals surface area contributed by atoms with Gasteiger partial charge in [-0.15, -0.1) is 0 Å². The van der Waals surface area contributed by atoms with Gasteiger partial charge in [-0.1, -0.05) is 48.0 Å². The maximum Gasteiger partial charge on any atom is 0.0121 e. The van der Waals surface area contributed by atoms with Crippen LogP contribution in [0.25, 0.3) is 0 Å². The quantitative estimate of drug-likeness (QED) is 0.659. The molecule has 0 aromatic heterocycles. The van der Waals surface area contributed by atoms with Crippen LogP contribution in [0.1, 0.15) is 54.4 Å². The Morgan fingerprint density at radius 3 is 1.93 bits per heavy atom. The molecule has 0 amide bonds. The van der Waals surface area contributed by atoms with Crippen LogP contribution in [-0.4, -0.2) is 12.6 Å². The summed E-state index contributed by atoms with van der Waals surface area (Å²) in [6, 6.07) is 0.694. The van der Waals surface area contributed by atoms with Gasteiger partial charge in [0, 0.05) is 6.04 Å². The van der Waals surface area contributed by atoms with Crippen molar-refractivity contribution in [3.63, 3.8) is 0 Å². The Morgan fingerprint density at radius 1 is 1.00 bits per heavy atom. The molecular weight excluding hydrogens is 170 g/mol. The van der Waals surface area contributed by atoms with Gasteiger partial charge in [0.25, 0.3) is 0 Å². The van der Waals surface area contributed by atoms with Gasteiger partial charge < -0.3 is 5.32 Å². The average molecular weight is 199 g/mol. The summed E-state index contributed by atoms with van der Waals surface area (Å²) in [5.41, 5.74) is 0. The predicted molar refractivity (Wildman–Crippen MR) is 65.5 cm³/mol. The second-order valence-corrected chi connectivity index (χ2v) is 4.97. The molecule has 14 heavy (non-hydrogen) atoms. The highest BCUT2D eigenvalue weighted by Gasteiger charge is 2.23. The van der Waals surface area contributed by atoms with Crippen molar-refractivity contribution in [2.24, 2.45) is 17.8 Å². The Labute approximate surface area is 90.7 Å². The van der Waals surface area contributed by atoms with E-state index in [4.69, 9.17) is 0 Å². The van der Waals surface area contributed by atoms with E-state index >= 15 is 0 Å². The third kappa shape index (κ3) is 4.45. The van der Waals surface area contributed by atoms with Crippen LogP contribution in [0.4, 0.5) is 0 Å². The maximum absolute atomic E-state index is 3.70. The molecule has 0 aliphatic carbocycles. The van der Waals surface area contributed by atoms with E-state index in [9.17, 15) is 0 Å². The van der Waals surface area contributed by atoms with Crippen molar-refractivity contribution >= 4 is 0 Å². The minimum Gasteiger partial charge on any atom is -0.313 e. The summed E-state index contributed by atoms with van der Waals surface area (Å²) in [7, 11) is 0. The summed E-state index contributed by atoms with van der Waals surface area (Å²) in [6.07, 6.45) is 2.51. The van der Waals surface area contributed by atoms with Gasteiger partial charge in [0.05, 0.1) is 0 Å². The summed E-state index contributed by atoms with van der Waals surface area (Å²) in [5.74, 6) is 2.34. The highest BCUT2D eigenvalue weighted by atomic mass is 14.9. The van der Waals surface area contributed by atoms with Crippen LogP contribution in [-0.2, 0) is 0 Å². The monoisotopic (exact) mass is 199 g/mol. The Balaban J connectivity index is 4.22. The van der Waals surface area contributed by atoms with Gasteiger partial charge >= 0.3 is 0 Å². The Morgan fingerprint density at radius 2 is 1.57 bits per heavy atom. The fourth-order valence-corrected chi connectivity index (χ4v) is 1.88. The minimum absolute atomic E-state index is 0.694. The molecule has 0 aliphatic heterocycles. The fraction of sp³-hybridized carbons (Fsp3) is 1.00. The molecule has 1 nitrogen and oxygen atoms in total. The molecule has 3 atom stereocenters. The second-order valence-electron chi connectivity index (χ2n) is 4.97. The molecule has 1 heteroatoms. The number of hydrogen-bond donors (Lipinski definition) is 1. The molecule has 0 saturated heterocycles. The zero-order valence-electron chi connectivity index (χ0n) is 10.9. The zero-order valence-corrected chi connectivity index (χ0v) is 10.9. The standard InChI is InChI=1S/C13H29N/c1-7-9-14-13(11(5)8-2)12(6)10(3)4/h10-14H,7-9H2,1-6H3. The predicted octanol–water partition coefficient (Wildman–Crippen LogP) is 3.69. The lowest BCUT2D eigenvalue weighted by molar-refractivity contribution is 0.229. The van der Waals surface area contributed by atoms with E-state index in [1.165, 1.54) is 12.8 Å². The first kappa shape index (κ1) is 14.0. The van der Waals surface area contributed by atoms with Crippen LogP contribution >= 0.6 is 0 Å². The zero-order chi connectivity index (χ0) is 11.1. The third-order valence-corrected chi connectivity index (χ3v) is 3.51. The first-order chi connectivity index (χ1) is 6.54. The van der Waals surface area contributed by atoms with Crippen molar-refractivity contribution < 1.29 is 0 Å². The molecule has 0 fully saturated rings. The van der Waals surface area contributed by atoms with Gasteiger partial charge in [-0.05, 0) is 30.7 Å². The molecule has 0 radical (unpaired) electrons. The first-order valence-corrected chi connectivity index (χ1v) is 6.27. The van der Waals surface area contributed by atoms with Gasteiger partial charge in [-0.3, -0.25) is 0 Å². The van der Waals surface area contributed by atoms with Crippen LogP contribution in [0.5, 0.6) is 0 Å². The largest absolute Gasteiger partial charge is 0.313 e. The number of nitrogens with one attached hydrogen (secondary N) is 1. The van der Waals surface area contributed by atoms with Crippen LogP contribution in [0.15, 0.2) is 0 Å². The van der Waals surface area contributed by atoms with Gasteiger partial charge in [0.2, 0.25) is 0 Å². The molecule has 0 heterocycles. The van der Waals surface area contributed by atoms with Crippen molar-refractivity contribution in [1.82, 2.24) is 5.32 Å². The lowest BCUT2D eigenvalue weighted by atomic mass is 9.82. The summed E-state index contributed by atoms with van der Waals surface area (Å²) in [4.78, 5) is 0. The molecule has 0 bridgehead atoms. The average Bonchev–Trinajstić information content (AvgIpc) is 2.17. The number of rotatable bonds is 7. The van der Waals surface area contributed by atoms with Crippen LogP contribution in [0.3, 0.4) is 0 Å². The third-order valence-electron chi connectivity index (χ3n) is 3.51. The summed E-state index contributed by atoms with van der Waals surface area (Å²) < 4.78 is 0. The lowest BCUT2D eigenvalue weighted by Crippen LogP contribution is -2.42. The van der Waals surface area contributed by atoms with Crippen LogP contribution in [0.2, 0.25) is 0 Å². The van der Waals surface area contributed by atoms with Gasteiger partial charge in [-0.25, -0.2) is 0 Å². The molecule has 0 spiro atoms. The lowest BCUT2D eigenvalue weighted by Gasteiger charge is -2.32. The Bertz CT molecular complexity index is 131. The van der Waals surface area contributed by atoms with Crippen molar-refractivity contribution in [2.45, 2.75) is 60.4 Å². The molecule has 0 aromatic carbocycles. The Kier molecular flexibility index (Phi) is 7.26. The van der Waals surface area contributed by atoms with Crippen molar-refractivity contribution in [1.29, 1.82) is 0 Å². The van der Waals surface area contributed by atoms with E-state index in [1.807, 2.05) is 0 Å². The second kappa shape index (κ2) is 7.28. The first-order valence-electron chi connectivity index (χ1n) is 6.27. The molecule has 3 unspecified atom stereocenters. The van der Waals surface area contributed by atoms with Gasteiger partial charge in [0.1, 0.15) is 0 Å². The van der Waals surface area contributed by atoms with Crippen LogP contribution < -0.4 is 5.32 Å². The van der Waals surface area contributed by atoms with E-state index < -0.39 is 0 Å². The van der Waals surface area contributed by atoms with Crippen molar-refractivity contribution in [3.05, 3.63) is 0 Å². The molecule has 1 N–H and O–H groups in total. The Hall–Kier alpha value is -0.0400. The molecule has 0 saturated carbocycles. The topological polar surface area (TPSA) is 12.0 Å². The van der Waals surface area contributed by atoms with Gasteiger partial charge in [-0.2, -0.15) is 0 Å². The van der Waals surface area contributed by atoms with E-state index in [0.717, 1.165) is 24.3 Å². The van der Waals surface area contributed by atoms with Gasteiger partial charge in [0.15, 0.2) is 0 Å². The number of hydrogen-bond acceptors (Lipinski definition) is 1. The van der Waals surface area contributed by atoms with Crippen LogP contribution in [0, 0.1) is 17.8 Å². The van der Waals surface area contributed by atoms with E-state index in [0.29, 0.717) is 6.04 Å². The summed E-state index contributed by atoms with van der Waals surface area (Å²) in [6.45, 7) is 15.1. The molecule has 0 aromatic rings. The van der Waals surface area contributed by atoms with E-state index in [-0.39, 0.29) is 0 Å². The fourth-order valence-electron chi connectivity index (χ4n) is 1.88. The molecule has 0 rings (SSSR count). The van der Waals surface area contributed by atoms with Crippen molar-refractivity contribution in [2.75, 3.05) is 6.54 Å². The van der Waals surface area contributed by atoms with Crippen molar-refractivity contribution in [3.8, 4) is 0 Å². The smallest absolute Gasteiger partial charge is 0.0121 e. The molecule has 0 aliphatic rings. The normalized spacial score (nSPS) is 18.2. The summed E-state index contributed by atoms with van der Waals surface area (Å²) in [5, 5.41) is 3.70. The molecular formula is C13H29N. The maximum atomic E-state index is 3.70. The highest BCUT2D eigenvalue weighted by molar-refractivity contribution is 4.79. The highest BCUT2D eigenvalue weighted by Crippen LogP contribution is 2.22. The minimum atomic E-state index is 0.694. The SMILES string of the molecule is CCCNC(C(C)CC)C(C)C(C)C. The molecule has 86 valence electrons. The van der Waals surface area contributed by atoms with E-state index in [2.05, 4.69) is 46.9 Å². The summed E-state index contributed by atoms with van der Waals surface area (Å²) >= 11 is 0.